The molecule has 1 aliphatic heterocycles. The lowest BCUT2D eigenvalue weighted by molar-refractivity contribution is 0.139. The molecule has 0 atom stereocenters. The van der Waals surface area contributed by atoms with Gasteiger partial charge in [0.05, 0.1) is 0 Å². The zero-order valence-corrected chi connectivity index (χ0v) is 12.1. The largest absolute Gasteiger partial charge is 0.341 e. The third-order valence-electron chi connectivity index (χ3n) is 3.14. The number of rotatable bonds is 4. The van der Waals surface area contributed by atoms with Crippen LogP contribution >= 0.6 is 12.6 Å². The lowest BCUT2D eigenvalue weighted by Crippen LogP contribution is -2.51. The molecule has 2 amide bonds. The first kappa shape index (κ1) is 14.6. The van der Waals surface area contributed by atoms with Gasteiger partial charge in [0.25, 0.3) is 0 Å². The third-order valence-corrected chi connectivity index (χ3v) is 3.36. The maximum absolute atomic E-state index is 11.4. The van der Waals surface area contributed by atoms with E-state index in [1.807, 2.05) is 4.90 Å². The molecule has 0 aromatic heterocycles. The normalized spacial score (nSPS) is 18.2. The predicted molar refractivity (Wildman–Crippen MR) is 74.8 cm³/mol. The number of hydrogen-bond acceptors (Lipinski definition) is 3. The molecule has 1 heterocycles. The Labute approximate surface area is 110 Å². The average Bonchev–Trinajstić information content (AvgIpc) is 2.27. The lowest BCUT2D eigenvalue weighted by Gasteiger charge is -2.34. The van der Waals surface area contributed by atoms with Crippen molar-refractivity contribution in [3.63, 3.8) is 0 Å². The topological polar surface area (TPSA) is 35.6 Å². The Bertz CT molecular complexity index is 245. The van der Waals surface area contributed by atoms with Crippen LogP contribution in [0.15, 0.2) is 0 Å². The molecule has 1 rings (SSSR count). The van der Waals surface area contributed by atoms with Crippen LogP contribution < -0.4 is 5.32 Å². The molecule has 0 aromatic rings. The molecule has 0 bridgehead atoms. The number of carbonyl (C=O) groups excluding carboxylic acids is 1. The Kier molecular flexibility index (Phi) is 5.59. The third kappa shape index (κ3) is 5.64. The molecule has 1 N–H and O–H groups in total. The van der Waals surface area contributed by atoms with Crippen molar-refractivity contribution in [2.75, 3.05) is 39.8 Å². The van der Waals surface area contributed by atoms with Crippen LogP contribution in [0, 0.1) is 0 Å². The van der Waals surface area contributed by atoms with Crippen LogP contribution in [0.25, 0.3) is 0 Å². The van der Waals surface area contributed by atoms with Crippen LogP contribution in [0.4, 0.5) is 4.79 Å². The van der Waals surface area contributed by atoms with Crippen LogP contribution in [0.5, 0.6) is 0 Å². The van der Waals surface area contributed by atoms with Crippen molar-refractivity contribution in [1.29, 1.82) is 0 Å². The van der Waals surface area contributed by atoms with E-state index in [-0.39, 0.29) is 10.8 Å². The van der Waals surface area contributed by atoms with Crippen molar-refractivity contribution >= 4 is 18.7 Å². The van der Waals surface area contributed by atoms with Gasteiger partial charge in [-0.15, -0.1) is 0 Å². The number of piperazine rings is 1. The van der Waals surface area contributed by atoms with Gasteiger partial charge in [0, 0.05) is 38.0 Å². The van der Waals surface area contributed by atoms with Crippen LogP contribution in [0.3, 0.4) is 0 Å². The summed E-state index contributed by atoms with van der Waals surface area (Å²) in [4.78, 5) is 15.7. The Balaban J connectivity index is 2.17. The van der Waals surface area contributed by atoms with E-state index in [9.17, 15) is 4.79 Å². The Hall–Kier alpha value is -0.420. The van der Waals surface area contributed by atoms with E-state index in [4.69, 9.17) is 0 Å². The van der Waals surface area contributed by atoms with Crippen molar-refractivity contribution in [3.8, 4) is 0 Å². The molecule has 0 aliphatic carbocycles. The first-order valence-electron chi connectivity index (χ1n) is 6.34. The SMILES string of the molecule is CNC(=O)N1CCN(CCCC(C)(C)S)CC1. The highest BCUT2D eigenvalue weighted by molar-refractivity contribution is 7.81. The maximum Gasteiger partial charge on any atom is 0.317 e. The number of amides is 2. The minimum atomic E-state index is 0.0427. The van der Waals surface area contributed by atoms with E-state index in [1.54, 1.807) is 7.05 Å². The summed E-state index contributed by atoms with van der Waals surface area (Å²) in [5, 5.41) is 2.67. The van der Waals surface area contributed by atoms with E-state index in [1.165, 1.54) is 6.42 Å². The highest BCUT2D eigenvalue weighted by Crippen LogP contribution is 2.19. The Morgan fingerprint density at radius 1 is 1.29 bits per heavy atom. The number of urea groups is 1. The van der Waals surface area contributed by atoms with Gasteiger partial charge in [0.15, 0.2) is 0 Å². The fourth-order valence-electron chi connectivity index (χ4n) is 2.07. The van der Waals surface area contributed by atoms with Crippen LogP contribution in [0.2, 0.25) is 0 Å². The summed E-state index contributed by atoms with van der Waals surface area (Å²) in [6, 6.07) is 0.0427. The van der Waals surface area contributed by atoms with Crippen LogP contribution in [-0.4, -0.2) is 60.3 Å². The van der Waals surface area contributed by atoms with Crippen molar-refractivity contribution < 1.29 is 4.79 Å². The van der Waals surface area contributed by atoms with E-state index in [0.717, 1.165) is 39.1 Å². The first-order valence-corrected chi connectivity index (χ1v) is 6.78. The standard InChI is InChI=1S/C12H25N3OS/c1-12(2,17)5-4-6-14-7-9-15(10-8-14)11(16)13-3/h17H,4-10H2,1-3H3,(H,13,16). The zero-order valence-electron chi connectivity index (χ0n) is 11.2. The second-order valence-corrected chi connectivity index (χ2v) is 6.51. The molecule has 1 saturated heterocycles. The summed E-state index contributed by atoms with van der Waals surface area (Å²) in [6.45, 7) is 9.07. The highest BCUT2D eigenvalue weighted by Gasteiger charge is 2.20. The summed E-state index contributed by atoms with van der Waals surface area (Å²) < 4.78 is 0.129. The molecular formula is C12H25N3OS. The molecule has 0 radical (unpaired) electrons. The Morgan fingerprint density at radius 3 is 2.35 bits per heavy atom. The average molecular weight is 259 g/mol. The fraction of sp³-hybridized carbons (Fsp3) is 0.917. The number of carbonyl (C=O) groups is 1. The van der Waals surface area contributed by atoms with Gasteiger partial charge in [-0.1, -0.05) is 13.8 Å². The minimum absolute atomic E-state index is 0.0427. The van der Waals surface area contributed by atoms with Gasteiger partial charge in [0.2, 0.25) is 0 Å². The monoisotopic (exact) mass is 259 g/mol. The molecule has 0 unspecified atom stereocenters. The summed E-state index contributed by atoms with van der Waals surface area (Å²) in [5.41, 5.74) is 0. The van der Waals surface area contributed by atoms with Crippen molar-refractivity contribution in [2.24, 2.45) is 0 Å². The van der Waals surface area contributed by atoms with Crippen molar-refractivity contribution in [3.05, 3.63) is 0 Å². The van der Waals surface area contributed by atoms with Crippen LogP contribution in [0.1, 0.15) is 26.7 Å². The molecule has 5 heteroatoms. The molecule has 4 nitrogen and oxygen atoms in total. The van der Waals surface area contributed by atoms with Gasteiger partial charge >= 0.3 is 6.03 Å². The first-order chi connectivity index (χ1) is 7.92. The maximum atomic E-state index is 11.4. The van der Waals surface area contributed by atoms with E-state index in [0.29, 0.717) is 0 Å². The Morgan fingerprint density at radius 2 is 1.88 bits per heavy atom. The zero-order chi connectivity index (χ0) is 12.9. The molecule has 1 aliphatic rings. The van der Waals surface area contributed by atoms with Gasteiger partial charge in [0.1, 0.15) is 0 Å². The second-order valence-electron chi connectivity index (χ2n) is 5.30. The number of hydrogen-bond donors (Lipinski definition) is 2. The summed E-state index contributed by atoms with van der Waals surface area (Å²) in [5.74, 6) is 0. The number of nitrogens with zero attached hydrogens (tertiary/aromatic N) is 2. The van der Waals surface area contributed by atoms with E-state index in [2.05, 4.69) is 36.7 Å². The molecule has 17 heavy (non-hydrogen) atoms. The summed E-state index contributed by atoms with van der Waals surface area (Å²) >= 11 is 4.53. The highest BCUT2D eigenvalue weighted by atomic mass is 32.1. The summed E-state index contributed by atoms with van der Waals surface area (Å²) in [6.07, 6.45) is 2.31. The molecule has 1 fully saturated rings. The minimum Gasteiger partial charge on any atom is -0.341 e. The van der Waals surface area contributed by atoms with Crippen molar-refractivity contribution in [2.45, 2.75) is 31.4 Å². The van der Waals surface area contributed by atoms with Gasteiger partial charge in [-0.3, -0.25) is 4.90 Å². The quantitative estimate of drug-likeness (QED) is 0.749. The van der Waals surface area contributed by atoms with Gasteiger partial charge in [-0.05, 0) is 19.4 Å². The molecule has 0 aromatic carbocycles. The second kappa shape index (κ2) is 6.50. The molecule has 100 valence electrons. The van der Waals surface area contributed by atoms with Crippen molar-refractivity contribution in [1.82, 2.24) is 15.1 Å². The van der Waals surface area contributed by atoms with E-state index >= 15 is 0 Å². The predicted octanol–water partition coefficient (Wildman–Crippen LogP) is 1.43. The molecule has 0 saturated carbocycles. The van der Waals surface area contributed by atoms with E-state index < -0.39 is 0 Å². The molecule has 0 spiro atoms. The fourth-order valence-corrected chi connectivity index (χ4v) is 2.23. The van der Waals surface area contributed by atoms with Gasteiger partial charge in [-0.2, -0.15) is 12.6 Å². The summed E-state index contributed by atoms with van der Waals surface area (Å²) in [7, 11) is 1.68. The van der Waals surface area contributed by atoms with Gasteiger partial charge in [-0.25, -0.2) is 4.79 Å². The molecular weight excluding hydrogens is 234 g/mol. The lowest BCUT2D eigenvalue weighted by atomic mass is 10.1. The number of nitrogens with one attached hydrogen (secondary N) is 1. The van der Waals surface area contributed by atoms with Gasteiger partial charge < -0.3 is 10.2 Å². The smallest absolute Gasteiger partial charge is 0.317 e. The number of thiol groups is 1. The van der Waals surface area contributed by atoms with Crippen LogP contribution in [-0.2, 0) is 0 Å².